The van der Waals surface area contributed by atoms with Gasteiger partial charge in [-0.1, -0.05) is 31.0 Å². The number of anilines is 2. The maximum Gasteiger partial charge on any atom is 0.411 e. The fraction of sp³-hybridized carbons (Fsp3) is 0.432. The molecule has 3 unspecified atom stereocenters. The van der Waals surface area contributed by atoms with E-state index >= 15 is 0 Å². The molecule has 0 bridgehead atoms. The fourth-order valence-corrected chi connectivity index (χ4v) is 6.97. The zero-order chi connectivity index (χ0) is 44.3. The van der Waals surface area contributed by atoms with E-state index in [4.69, 9.17) is 19.9 Å². The van der Waals surface area contributed by atoms with E-state index in [-0.39, 0.29) is 74.5 Å². The molecule has 3 aromatic rings. The molecule has 8 N–H and O–H groups in total. The van der Waals surface area contributed by atoms with Crippen molar-refractivity contribution in [3.05, 3.63) is 89.8 Å². The van der Waals surface area contributed by atoms with Gasteiger partial charge in [0.1, 0.15) is 12.4 Å². The predicted octanol–water partition coefficient (Wildman–Crippen LogP) is 3.81. The molecule has 2 saturated heterocycles. The summed E-state index contributed by atoms with van der Waals surface area (Å²) in [5.74, 6) is -1.71. The van der Waals surface area contributed by atoms with E-state index in [2.05, 4.69) is 26.3 Å². The summed E-state index contributed by atoms with van der Waals surface area (Å²) in [7, 11) is 0. The number of piperidine rings is 1. The standard InChI is InChI=1S/C44H55N7O11/c45-17-13-39(54)48-20-14-40(55)50-35-23-31(9-11-36(35)61-41-26-34(52)25-37(62-41)43(57)58)28-60-44(59)49-33-8-3-7-32(24-33)42(56)51-21-15-29(16-22-51)5-1-2-19-47-38(53)12-10-30-6-4-18-46-27-30/h3-4,6-12,18,23-24,27,29,34,37,41,52H,1-2,5,13-17,19-22,25-26,28,45H2,(H,47,53)(H,48,54)(H,49,59)(H,50,55)(H,57,58)/b12-10+. The van der Waals surface area contributed by atoms with E-state index in [1.807, 2.05) is 17.0 Å². The molecule has 62 heavy (non-hydrogen) atoms. The van der Waals surface area contributed by atoms with Crippen molar-refractivity contribution in [2.24, 2.45) is 11.7 Å². The van der Waals surface area contributed by atoms with Gasteiger partial charge >= 0.3 is 12.1 Å². The molecule has 2 aliphatic heterocycles. The summed E-state index contributed by atoms with van der Waals surface area (Å²) in [6, 6.07) is 14.9. The molecule has 2 fully saturated rings. The molecule has 332 valence electrons. The van der Waals surface area contributed by atoms with Crippen LogP contribution in [0.2, 0.25) is 0 Å². The number of likely N-dealkylation sites (tertiary alicyclic amines) is 1. The molecule has 3 heterocycles. The molecule has 5 amide bonds. The Kier molecular flexibility index (Phi) is 18.2. The average molecular weight is 858 g/mol. The molecule has 18 heteroatoms. The van der Waals surface area contributed by atoms with Crippen LogP contribution in [0.1, 0.15) is 79.3 Å². The minimum absolute atomic E-state index is 0.0150. The number of aliphatic hydroxyl groups excluding tert-OH is 1. The number of carboxylic acids is 1. The molecule has 18 nitrogen and oxygen atoms in total. The highest BCUT2D eigenvalue weighted by Gasteiger charge is 2.34. The number of hydrogen-bond acceptors (Lipinski definition) is 12. The molecule has 0 spiro atoms. The fourth-order valence-electron chi connectivity index (χ4n) is 6.97. The first-order chi connectivity index (χ1) is 29.9. The lowest BCUT2D eigenvalue weighted by atomic mass is 9.91. The zero-order valence-corrected chi connectivity index (χ0v) is 34.5. The second kappa shape index (κ2) is 24.2. The van der Waals surface area contributed by atoms with Crippen molar-refractivity contribution in [2.45, 2.75) is 82.9 Å². The lowest BCUT2D eigenvalue weighted by Crippen LogP contribution is -2.42. The number of amides is 5. The number of unbranched alkanes of at least 4 members (excludes halogenated alkanes) is 1. The molecule has 3 atom stereocenters. The third-order valence-electron chi connectivity index (χ3n) is 10.2. The quantitative estimate of drug-likeness (QED) is 0.0631. The van der Waals surface area contributed by atoms with E-state index in [1.165, 1.54) is 18.2 Å². The number of aromatic nitrogens is 1. The summed E-state index contributed by atoms with van der Waals surface area (Å²) in [6.07, 6.45) is 6.93. The van der Waals surface area contributed by atoms with Gasteiger partial charge in [0.15, 0.2) is 6.10 Å². The van der Waals surface area contributed by atoms with Crippen LogP contribution in [0.4, 0.5) is 16.2 Å². The number of carboxylic acid groups (broad SMARTS) is 1. The monoisotopic (exact) mass is 857 g/mol. The Hall–Kier alpha value is -6.37. The molecular formula is C44H55N7O11. The highest BCUT2D eigenvalue weighted by atomic mass is 16.7. The highest BCUT2D eigenvalue weighted by molar-refractivity contribution is 5.96. The minimum atomic E-state index is -1.29. The van der Waals surface area contributed by atoms with Gasteiger partial charge in [0, 0.05) is 88.1 Å². The van der Waals surface area contributed by atoms with Gasteiger partial charge in [-0.25, -0.2) is 9.59 Å². The van der Waals surface area contributed by atoms with E-state index in [0.29, 0.717) is 42.4 Å². The van der Waals surface area contributed by atoms with Gasteiger partial charge in [-0.05, 0) is 78.8 Å². The Morgan fingerprint density at radius 2 is 1.74 bits per heavy atom. The summed E-state index contributed by atoms with van der Waals surface area (Å²) in [5.41, 5.74) is 7.65. The van der Waals surface area contributed by atoms with Crippen LogP contribution in [0.25, 0.3) is 6.08 Å². The normalized spacial score (nSPS) is 17.8. The Bertz CT molecular complexity index is 2020. The number of benzene rings is 2. The van der Waals surface area contributed by atoms with Crippen LogP contribution >= 0.6 is 0 Å². The first-order valence-corrected chi connectivity index (χ1v) is 20.8. The van der Waals surface area contributed by atoms with Crippen LogP contribution in [-0.2, 0) is 35.3 Å². The highest BCUT2D eigenvalue weighted by Crippen LogP contribution is 2.31. The summed E-state index contributed by atoms with van der Waals surface area (Å²) >= 11 is 0. The molecule has 5 rings (SSSR count). The van der Waals surface area contributed by atoms with Crippen molar-refractivity contribution >= 4 is 53.1 Å². The van der Waals surface area contributed by atoms with E-state index in [9.17, 15) is 39.0 Å². The number of pyridine rings is 1. The van der Waals surface area contributed by atoms with Crippen molar-refractivity contribution < 1.29 is 53.2 Å². The van der Waals surface area contributed by atoms with Crippen LogP contribution in [0.5, 0.6) is 5.75 Å². The summed E-state index contributed by atoms with van der Waals surface area (Å²) in [5, 5.41) is 30.5. The SMILES string of the molecule is NCCC(=O)NCCC(=O)Nc1cc(COC(=O)Nc2cccc(C(=O)N3CCC(CCCCNC(=O)/C=C/c4cccnc4)CC3)c2)ccc1OC1CC(O)CC(C(=O)O)O1. The maximum absolute atomic E-state index is 13.4. The molecule has 0 aliphatic carbocycles. The lowest BCUT2D eigenvalue weighted by molar-refractivity contribution is -0.195. The first kappa shape index (κ1) is 46.7. The van der Waals surface area contributed by atoms with Gasteiger partial charge in [-0.2, -0.15) is 0 Å². The maximum atomic E-state index is 13.4. The van der Waals surface area contributed by atoms with Crippen molar-refractivity contribution in [3.63, 3.8) is 0 Å². The van der Waals surface area contributed by atoms with Crippen LogP contribution in [-0.4, -0.2) is 107 Å². The second-order valence-corrected chi connectivity index (χ2v) is 15.1. The number of carbonyl (C=O) groups excluding carboxylic acids is 5. The number of nitrogens with zero attached hydrogens (tertiary/aromatic N) is 2. The van der Waals surface area contributed by atoms with Gasteiger partial charge in [-0.3, -0.25) is 29.5 Å². The number of rotatable bonds is 20. The van der Waals surface area contributed by atoms with E-state index in [1.54, 1.807) is 48.8 Å². The number of hydrogen-bond donors (Lipinski definition) is 7. The third-order valence-corrected chi connectivity index (χ3v) is 10.2. The van der Waals surface area contributed by atoms with Gasteiger partial charge in [-0.15, -0.1) is 0 Å². The van der Waals surface area contributed by atoms with E-state index in [0.717, 1.165) is 37.7 Å². The topological polar surface area (TPSA) is 261 Å². The van der Waals surface area contributed by atoms with Crippen molar-refractivity contribution in [1.29, 1.82) is 0 Å². The Labute approximate surface area is 359 Å². The summed E-state index contributed by atoms with van der Waals surface area (Å²) < 4.78 is 16.8. The lowest BCUT2D eigenvalue weighted by Gasteiger charge is -2.32. The zero-order valence-electron chi connectivity index (χ0n) is 34.5. The number of nitrogens with two attached hydrogens (primary N) is 1. The molecule has 0 radical (unpaired) electrons. The van der Waals surface area contributed by atoms with Crippen LogP contribution in [0.3, 0.4) is 0 Å². The molecule has 1 aromatic heterocycles. The van der Waals surface area contributed by atoms with Crippen molar-refractivity contribution in [1.82, 2.24) is 20.5 Å². The number of nitrogens with one attached hydrogen (secondary N) is 4. The molecular weight excluding hydrogens is 803 g/mol. The molecule has 0 saturated carbocycles. The van der Waals surface area contributed by atoms with E-state index < -0.39 is 36.5 Å². The number of aliphatic carboxylic acids is 1. The van der Waals surface area contributed by atoms with Gasteiger partial charge < -0.3 is 51.0 Å². The smallest absolute Gasteiger partial charge is 0.411 e. The van der Waals surface area contributed by atoms with Gasteiger partial charge in [0.05, 0.1) is 11.8 Å². The predicted molar refractivity (Wildman–Crippen MR) is 228 cm³/mol. The molecule has 2 aliphatic rings. The Morgan fingerprint density at radius 3 is 2.50 bits per heavy atom. The first-order valence-electron chi connectivity index (χ1n) is 20.8. The largest absolute Gasteiger partial charge is 0.479 e. The van der Waals surface area contributed by atoms with Crippen molar-refractivity contribution in [2.75, 3.05) is 43.4 Å². The number of ether oxygens (including phenoxy) is 3. The summed E-state index contributed by atoms with van der Waals surface area (Å²) in [6.45, 7) is 1.82. The molecule has 2 aromatic carbocycles. The summed E-state index contributed by atoms with van der Waals surface area (Å²) in [4.78, 5) is 80.4. The van der Waals surface area contributed by atoms with Gasteiger partial charge in [0.25, 0.3) is 5.91 Å². The minimum Gasteiger partial charge on any atom is -0.479 e. The van der Waals surface area contributed by atoms with Crippen molar-refractivity contribution in [3.8, 4) is 5.75 Å². The Morgan fingerprint density at radius 1 is 0.919 bits per heavy atom. The number of carbonyl (C=O) groups is 6. The van der Waals surface area contributed by atoms with Crippen LogP contribution in [0, 0.1) is 5.92 Å². The third kappa shape index (κ3) is 15.6. The second-order valence-electron chi connectivity index (χ2n) is 15.1. The number of aliphatic hydroxyl groups is 1. The Balaban J connectivity index is 1.08. The van der Waals surface area contributed by atoms with Crippen LogP contribution in [0.15, 0.2) is 73.1 Å². The van der Waals surface area contributed by atoms with Crippen LogP contribution < -0.4 is 31.7 Å². The average Bonchev–Trinajstić information content (AvgIpc) is 3.26. The van der Waals surface area contributed by atoms with Gasteiger partial charge in [0.2, 0.25) is 24.0 Å².